The van der Waals surface area contributed by atoms with Gasteiger partial charge in [-0.1, -0.05) is 30.3 Å². The van der Waals surface area contributed by atoms with E-state index in [4.69, 9.17) is 14.2 Å². The summed E-state index contributed by atoms with van der Waals surface area (Å²) in [6.45, 7) is 11.1. The van der Waals surface area contributed by atoms with E-state index in [1.807, 2.05) is 6.07 Å². The van der Waals surface area contributed by atoms with Crippen LogP contribution in [0.3, 0.4) is 0 Å². The summed E-state index contributed by atoms with van der Waals surface area (Å²) in [7, 11) is 0. The monoisotopic (exact) mass is 608 g/mol. The van der Waals surface area contributed by atoms with Crippen LogP contribution in [0.1, 0.15) is 85.6 Å². The number of rotatable bonds is 16. The third-order valence-electron chi connectivity index (χ3n) is 5.61. The molecular weight excluding hydrogens is 560 g/mol. The molecule has 1 aromatic rings. The first-order chi connectivity index (χ1) is 20.1. The molecule has 0 saturated carbocycles. The highest BCUT2D eigenvalue weighted by Gasteiger charge is 2.27. The molecule has 13 nitrogen and oxygen atoms in total. The lowest BCUT2D eigenvalue weighted by molar-refractivity contribution is -0.142. The first kappa shape index (κ1) is 37.0. The molecule has 0 fully saturated rings. The molecule has 0 heterocycles. The van der Waals surface area contributed by atoms with Crippen LogP contribution in [-0.2, 0) is 30.4 Å². The molecule has 0 aliphatic carbocycles. The Morgan fingerprint density at radius 2 is 1.19 bits per heavy atom. The van der Waals surface area contributed by atoms with Gasteiger partial charge in [0.05, 0.1) is 0 Å². The SMILES string of the molecule is CC(C)(C)OC(=O)NCCCC[C@H](NC(=O)[C@H](CCCCNC(=O)OC(C)(C)C)NC(=O)OCc1ccccc1)C(=O)O. The molecule has 0 saturated heterocycles. The lowest BCUT2D eigenvalue weighted by atomic mass is 10.1. The van der Waals surface area contributed by atoms with Crippen molar-refractivity contribution in [3.63, 3.8) is 0 Å². The van der Waals surface area contributed by atoms with Crippen molar-refractivity contribution in [1.29, 1.82) is 0 Å². The van der Waals surface area contributed by atoms with E-state index >= 15 is 0 Å². The van der Waals surface area contributed by atoms with E-state index in [-0.39, 0.29) is 32.5 Å². The standard InChI is InChI=1S/C30H48N4O9/c1-29(2,3)42-26(38)31-18-12-10-16-22(34-28(40)41-20-21-14-8-7-9-15-21)24(35)33-23(25(36)37)17-11-13-19-32-27(39)43-30(4,5)6/h7-9,14-15,22-23H,10-13,16-20H2,1-6H3,(H,31,38)(H,32,39)(H,33,35)(H,34,40)(H,36,37)/t22-,23-/m0/s1. The largest absolute Gasteiger partial charge is 0.480 e. The predicted octanol–water partition coefficient (Wildman–Crippen LogP) is 4.24. The Morgan fingerprint density at radius 1 is 0.698 bits per heavy atom. The summed E-state index contributed by atoms with van der Waals surface area (Å²) in [4.78, 5) is 61.1. The Bertz CT molecular complexity index is 1040. The van der Waals surface area contributed by atoms with E-state index in [0.29, 0.717) is 25.7 Å². The van der Waals surface area contributed by atoms with Crippen molar-refractivity contribution in [2.24, 2.45) is 0 Å². The Balaban J connectivity index is 2.67. The Hall–Kier alpha value is -4.03. The maximum Gasteiger partial charge on any atom is 0.408 e. The molecule has 0 unspecified atom stereocenters. The number of benzene rings is 1. The van der Waals surface area contributed by atoms with Gasteiger partial charge in [-0.15, -0.1) is 0 Å². The van der Waals surface area contributed by atoms with Gasteiger partial charge in [0.25, 0.3) is 0 Å². The fourth-order valence-corrected chi connectivity index (χ4v) is 3.66. The quantitative estimate of drug-likeness (QED) is 0.135. The number of alkyl carbamates (subject to hydrolysis) is 3. The molecule has 2 atom stereocenters. The highest BCUT2D eigenvalue weighted by Crippen LogP contribution is 2.09. The molecule has 0 aliphatic heterocycles. The molecule has 1 rings (SSSR count). The van der Waals surface area contributed by atoms with Crippen LogP contribution < -0.4 is 21.3 Å². The average Bonchev–Trinajstić information content (AvgIpc) is 2.88. The zero-order valence-corrected chi connectivity index (χ0v) is 26.1. The molecule has 0 spiro atoms. The van der Waals surface area contributed by atoms with E-state index in [1.54, 1.807) is 65.8 Å². The van der Waals surface area contributed by atoms with Crippen molar-refractivity contribution in [2.75, 3.05) is 13.1 Å². The summed E-state index contributed by atoms with van der Waals surface area (Å²) in [6.07, 6.45) is 0.127. The average molecular weight is 609 g/mol. The van der Waals surface area contributed by atoms with E-state index < -0.39 is 53.4 Å². The van der Waals surface area contributed by atoms with Crippen LogP contribution in [0, 0.1) is 0 Å². The van der Waals surface area contributed by atoms with Gasteiger partial charge in [-0.2, -0.15) is 0 Å². The fraction of sp³-hybridized carbons (Fsp3) is 0.633. The zero-order chi connectivity index (χ0) is 32.5. The van der Waals surface area contributed by atoms with E-state index in [1.165, 1.54) is 0 Å². The minimum absolute atomic E-state index is 0.00406. The van der Waals surface area contributed by atoms with Gasteiger partial charge in [-0.3, -0.25) is 4.79 Å². The number of unbranched alkanes of at least 4 members (excludes halogenated alkanes) is 2. The molecule has 13 heteroatoms. The van der Waals surface area contributed by atoms with Gasteiger partial charge >= 0.3 is 24.2 Å². The number of nitrogens with one attached hydrogen (secondary N) is 4. The number of carboxylic acid groups (broad SMARTS) is 1. The first-order valence-corrected chi connectivity index (χ1v) is 14.5. The van der Waals surface area contributed by atoms with Crippen molar-refractivity contribution < 1.29 is 43.3 Å². The second-order valence-corrected chi connectivity index (χ2v) is 12.0. The van der Waals surface area contributed by atoms with Gasteiger partial charge in [0.2, 0.25) is 5.91 Å². The second-order valence-electron chi connectivity index (χ2n) is 12.0. The highest BCUT2D eigenvalue weighted by atomic mass is 16.6. The van der Waals surface area contributed by atoms with Crippen molar-refractivity contribution in [3.8, 4) is 0 Å². The zero-order valence-electron chi connectivity index (χ0n) is 26.1. The third-order valence-corrected chi connectivity index (χ3v) is 5.61. The number of hydrogen-bond donors (Lipinski definition) is 5. The van der Waals surface area contributed by atoms with Gasteiger partial charge in [0.15, 0.2) is 0 Å². The number of amides is 4. The molecule has 0 radical (unpaired) electrons. The molecule has 4 amide bonds. The summed E-state index contributed by atoms with van der Waals surface area (Å²) in [5.74, 6) is -1.89. The molecule has 5 N–H and O–H groups in total. The van der Waals surface area contributed by atoms with Crippen LogP contribution >= 0.6 is 0 Å². The lowest BCUT2D eigenvalue weighted by Gasteiger charge is -2.22. The van der Waals surface area contributed by atoms with Crippen molar-refractivity contribution in [1.82, 2.24) is 21.3 Å². The Kier molecular flexibility index (Phi) is 15.9. The van der Waals surface area contributed by atoms with Gasteiger partial charge in [0.1, 0.15) is 29.9 Å². The normalized spacial score (nSPS) is 12.7. The maximum atomic E-state index is 13.1. The molecular formula is C30H48N4O9. The summed E-state index contributed by atoms with van der Waals surface area (Å²) in [5, 5.41) is 20.0. The highest BCUT2D eigenvalue weighted by molar-refractivity contribution is 5.89. The Morgan fingerprint density at radius 3 is 1.65 bits per heavy atom. The summed E-state index contributed by atoms with van der Waals surface area (Å²) >= 11 is 0. The van der Waals surface area contributed by atoms with Crippen LogP contribution in [0.4, 0.5) is 14.4 Å². The molecule has 1 aromatic carbocycles. The molecule has 43 heavy (non-hydrogen) atoms. The van der Waals surface area contributed by atoms with Crippen LogP contribution in [0.5, 0.6) is 0 Å². The predicted molar refractivity (Wildman–Crippen MR) is 159 cm³/mol. The van der Waals surface area contributed by atoms with Crippen LogP contribution in [0.2, 0.25) is 0 Å². The maximum absolute atomic E-state index is 13.1. The third kappa shape index (κ3) is 18.9. The topological polar surface area (TPSA) is 181 Å². The van der Waals surface area contributed by atoms with Crippen LogP contribution in [0.15, 0.2) is 30.3 Å². The van der Waals surface area contributed by atoms with Gasteiger partial charge < -0.3 is 40.6 Å². The number of carbonyl (C=O) groups excluding carboxylic acids is 4. The second kappa shape index (κ2) is 18.5. The van der Waals surface area contributed by atoms with Crippen LogP contribution in [-0.4, -0.2) is 71.6 Å². The number of carbonyl (C=O) groups is 5. The summed E-state index contributed by atoms with van der Waals surface area (Å²) < 4.78 is 15.6. The molecule has 0 aliphatic rings. The Labute approximate surface area is 253 Å². The first-order valence-electron chi connectivity index (χ1n) is 14.5. The van der Waals surface area contributed by atoms with Crippen molar-refractivity contribution >= 4 is 30.2 Å². The van der Waals surface area contributed by atoms with Crippen molar-refractivity contribution in [2.45, 2.75) is 110 Å². The number of aliphatic carboxylic acids is 1. The van der Waals surface area contributed by atoms with Crippen molar-refractivity contribution in [3.05, 3.63) is 35.9 Å². The van der Waals surface area contributed by atoms with Crippen LogP contribution in [0.25, 0.3) is 0 Å². The fourth-order valence-electron chi connectivity index (χ4n) is 3.66. The van der Waals surface area contributed by atoms with E-state index in [9.17, 15) is 29.1 Å². The van der Waals surface area contributed by atoms with E-state index in [0.717, 1.165) is 5.56 Å². The summed E-state index contributed by atoms with van der Waals surface area (Å²) in [5.41, 5.74) is -0.498. The lowest BCUT2D eigenvalue weighted by Crippen LogP contribution is -2.51. The molecule has 0 aromatic heterocycles. The van der Waals surface area contributed by atoms with Gasteiger partial charge in [-0.05, 0) is 85.6 Å². The number of ether oxygens (including phenoxy) is 3. The van der Waals surface area contributed by atoms with E-state index in [2.05, 4.69) is 21.3 Å². The minimum atomic E-state index is -1.22. The van der Waals surface area contributed by atoms with Gasteiger partial charge in [0, 0.05) is 13.1 Å². The number of hydrogen-bond acceptors (Lipinski definition) is 8. The summed E-state index contributed by atoms with van der Waals surface area (Å²) in [6, 6.07) is 6.74. The minimum Gasteiger partial charge on any atom is -0.480 e. The molecule has 242 valence electrons. The smallest absolute Gasteiger partial charge is 0.408 e. The molecule has 0 bridgehead atoms. The number of carboxylic acids is 1. The van der Waals surface area contributed by atoms with Gasteiger partial charge in [-0.25, -0.2) is 19.2 Å².